The number of fused-ring (bicyclic) bond motifs is 3. The van der Waals surface area contributed by atoms with Crippen LogP contribution in [-0.2, 0) is 5.41 Å². The molecule has 3 heteroatoms. The van der Waals surface area contributed by atoms with Gasteiger partial charge < -0.3 is 0 Å². The predicted octanol–water partition coefficient (Wildman–Crippen LogP) is 11.1. The van der Waals surface area contributed by atoms with E-state index in [-0.39, 0.29) is 5.41 Å². The molecule has 44 heavy (non-hydrogen) atoms. The van der Waals surface area contributed by atoms with Gasteiger partial charge in [-0.1, -0.05) is 147 Å². The first-order valence-corrected chi connectivity index (χ1v) is 15.8. The lowest BCUT2D eigenvalue weighted by Crippen LogP contribution is -2.23. The molecule has 1 aromatic heterocycles. The lowest BCUT2D eigenvalue weighted by atomic mass is 9.77. The summed E-state index contributed by atoms with van der Waals surface area (Å²) in [4.78, 5) is 12.8. The van der Waals surface area contributed by atoms with Gasteiger partial charge in [-0.3, -0.25) is 0 Å². The molecule has 0 atom stereocenters. The van der Waals surface area contributed by atoms with Crippen LogP contribution in [0.3, 0.4) is 0 Å². The first kappa shape index (κ1) is 26.6. The summed E-state index contributed by atoms with van der Waals surface area (Å²) < 4.78 is 0. The summed E-state index contributed by atoms with van der Waals surface area (Å²) in [6.45, 7) is 4.67. The minimum absolute atomic E-state index is 0.0538. The quantitative estimate of drug-likeness (QED) is 0.206. The monoisotopic (exact) mass is 582 g/mol. The third-order valence-corrected chi connectivity index (χ3v) is 9.93. The van der Waals surface area contributed by atoms with E-state index in [0.29, 0.717) is 0 Å². The van der Waals surface area contributed by atoms with Gasteiger partial charge in [0, 0.05) is 31.7 Å². The van der Waals surface area contributed by atoms with E-state index in [1.165, 1.54) is 43.2 Å². The molecular weight excluding hydrogens is 553 g/mol. The second kappa shape index (κ2) is 10.6. The minimum atomic E-state index is -0.0538. The zero-order valence-electron chi connectivity index (χ0n) is 24.7. The Balaban J connectivity index is 1.14. The number of rotatable bonds is 4. The molecule has 2 heterocycles. The highest BCUT2D eigenvalue weighted by atomic mass is 32.2. The zero-order chi connectivity index (χ0) is 29.7. The van der Waals surface area contributed by atoms with Crippen LogP contribution in [0.15, 0.2) is 155 Å². The van der Waals surface area contributed by atoms with Crippen molar-refractivity contribution in [3.05, 3.63) is 157 Å². The molecule has 8 rings (SSSR count). The standard InChI is InChI=1S/C41H30N2S/c1-41(2)34-13-7-9-15-37(34)44-38-25-24-32(26-35(38)41)29-18-22-31(23-19-29)40-42-36-14-8-6-12-33(36)39(43-40)30-20-16-28(17-21-30)27-10-4-3-5-11-27/h3-26H,1-2H3. The van der Waals surface area contributed by atoms with E-state index in [0.717, 1.165) is 33.5 Å². The summed E-state index contributed by atoms with van der Waals surface area (Å²) in [5, 5.41) is 1.05. The van der Waals surface area contributed by atoms with E-state index in [2.05, 4.69) is 147 Å². The van der Waals surface area contributed by atoms with E-state index < -0.39 is 0 Å². The molecule has 0 unspecified atom stereocenters. The van der Waals surface area contributed by atoms with Crippen molar-refractivity contribution in [2.75, 3.05) is 0 Å². The lowest BCUT2D eigenvalue weighted by molar-refractivity contribution is 0.607. The number of benzene rings is 6. The number of nitrogens with zero attached hydrogens (tertiary/aromatic N) is 2. The van der Waals surface area contributed by atoms with Gasteiger partial charge in [0.1, 0.15) is 0 Å². The van der Waals surface area contributed by atoms with Gasteiger partial charge >= 0.3 is 0 Å². The van der Waals surface area contributed by atoms with E-state index >= 15 is 0 Å². The van der Waals surface area contributed by atoms with Gasteiger partial charge in [-0.15, -0.1) is 0 Å². The molecule has 0 saturated carbocycles. The largest absolute Gasteiger partial charge is 0.228 e. The van der Waals surface area contributed by atoms with Crippen molar-refractivity contribution in [2.24, 2.45) is 0 Å². The van der Waals surface area contributed by atoms with Crippen molar-refractivity contribution < 1.29 is 0 Å². The molecule has 7 aromatic rings. The molecule has 0 N–H and O–H groups in total. The van der Waals surface area contributed by atoms with Gasteiger partial charge in [0.25, 0.3) is 0 Å². The Morgan fingerprint density at radius 2 is 1.02 bits per heavy atom. The van der Waals surface area contributed by atoms with E-state index in [1.807, 2.05) is 23.9 Å². The molecule has 1 aliphatic heterocycles. The van der Waals surface area contributed by atoms with Crippen LogP contribution < -0.4 is 0 Å². The Morgan fingerprint density at radius 1 is 0.455 bits per heavy atom. The summed E-state index contributed by atoms with van der Waals surface area (Å²) in [5.74, 6) is 0.733. The second-order valence-corrected chi connectivity index (χ2v) is 13.0. The van der Waals surface area contributed by atoms with Crippen LogP contribution in [-0.4, -0.2) is 9.97 Å². The van der Waals surface area contributed by atoms with Gasteiger partial charge in [0.15, 0.2) is 5.82 Å². The number of aromatic nitrogens is 2. The normalized spacial score (nSPS) is 13.3. The molecule has 0 radical (unpaired) electrons. The predicted molar refractivity (Wildman–Crippen MR) is 184 cm³/mol. The third kappa shape index (κ3) is 4.61. The molecule has 6 aromatic carbocycles. The van der Waals surface area contributed by atoms with Crippen molar-refractivity contribution in [2.45, 2.75) is 29.1 Å². The Hall–Kier alpha value is -4.99. The molecule has 0 aliphatic carbocycles. The summed E-state index contributed by atoms with van der Waals surface area (Å²) in [6.07, 6.45) is 0. The summed E-state index contributed by atoms with van der Waals surface area (Å²) in [6, 6.07) is 51.8. The topological polar surface area (TPSA) is 25.8 Å². The number of hydrogen-bond acceptors (Lipinski definition) is 3. The van der Waals surface area contributed by atoms with Crippen LogP contribution in [0, 0.1) is 0 Å². The smallest absolute Gasteiger partial charge is 0.160 e. The van der Waals surface area contributed by atoms with Crippen LogP contribution in [0.4, 0.5) is 0 Å². The van der Waals surface area contributed by atoms with Crippen LogP contribution >= 0.6 is 11.8 Å². The Bertz CT molecular complexity index is 2150. The lowest BCUT2D eigenvalue weighted by Gasteiger charge is -2.34. The maximum atomic E-state index is 5.13. The summed E-state index contributed by atoms with van der Waals surface area (Å²) in [5.41, 5.74) is 11.5. The maximum absolute atomic E-state index is 5.13. The SMILES string of the molecule is CC1(C)c2ccccc2Sc2ccc(-c3ccc(-c4nc(-c5ccc(-c6ccccc6)cc5)c5ccccc5n4)cc3)cc21. The minimum Gasteiger partial charge on any atom is -0.228 e. The van der Waals surface area contributed by atoms with Crippen molar-refractivity contribution in [3.63, 3.8) is 0 Å². The molecular formula is C41H30N2S. The Labute approximate surface area is 262 Å². The average molecular weight is 583 g/mol. The molecule has 210 valence electrons. The first-order valence-electron chi connectivity index (χ1n) is 15.0. The van der Waals surface area contributed by atoms with Crippen LogP contribution in [0.25, 0.3) is 55.8 Å². The van der Waals surface area contributed by atoms with Gasteiger partial charge in [0.2, 0.25) is 0 Å². The summed E-state index contributed by atoms with van der Waals surface area (Å²) in [7, 11) is 0. The van der Waals surface area contributed by atoms with Gasteiger partial charge in [-0.2, -0.15) is 0 Å². The highest BCUT2D eigenvalue weighted by Gasteiger charge is 2.33. The first-order chi connectivity index (χ1) is 21.5. The van der Waals surface area contributed by atoms with Gasteiger partial charge in [-0.05, 0) is 57.6 Å². The van der Waals surface area contributed by atoms with E-state index in [4.69, 9.17) is 9.97 Å². The van der Waals surface area contributed by atoms with E-state index in [9.17, 15) is 0 Å². The Morgan fingerprint density at radius 3 is 1.82 bits per heavy atom. The fourth-order valence-electron chi connectivity index (χ4n) is 6.31. The van der Waals surface area contributed by atoms with Gasteiger partial charge in [0.05, 0.1) is 11.2 Å². The molecule has 0 fully saturated rings. The molecule has 0 amide bonds. The second-order valence-electron chi connectivity index (χ2n) is 11.9. The van der Waals surface area contributed by atoms with E-state index in [1.54, 1.807) is 0 Å². The maximum Gasteiger partial charge on any atom is 0.160 e. The molecule has 0 bridgehead atoms. The number of hydrogen-bond donors (Lipinski definition) is 0. The van der Waals surface area contributed by atoms with Crippen LogP contribution in [0.5, 0.6) is 0 Å². The summed E-state index contributed by atoms with van der Waals surface area (Å²) >= 11 is 1.87. The zero-order valence-corrected chi connectivity index (χ0v) is 25.5. The molecule has 0 spiro atoms. The van der Waals surface area contributed by atoms with Gasteiger partial charge in [-0.25, -0.2) is 9.97 Å². The Kier molecular flexibility index (Phi) is 6.43. The van der Waals surface area contributed by atoms with Crippen LogP contribution in [0.2, 0.25) is 0 Å². The molecule has 0 saturated heterocycles. The van der Waals surface area contributed by atoms with Crippen LogP contribution in [0.1, 0.15) is 25.0 Å². The third-order valence-electron chi connectivity index (χ3n) is 8.78. The fraction of sp³-hybridized carbons (Fsp3) is 0.0732. The molecule has 2 nitrogen and oxygen atoms in total. The fourth-order valence-corrected chi connectivity index (χ4v) is 7.69. The van der Waals surface area contributed by atoms with Crippen molar-refractivity contribution in [1.29, 1.82) is 0 Å². The molecule has 1 aliphatic rings. The van der Waals surface area contributed by atoms with Crippen molar-refractivity contribution in [1.82, 2.24) is 9.97 Å². The highest BCUT2D eigenvalue weighted by molar-refractivity contribution is 7.99. The van der Waals surface area contributed by atoms with Crippen molar-refractivity contribution in [3.8, 4) is 44.9 Å². The van der Waals surface area contributed by atoms with Crippen molar-refractivity contribution >= 4 is 22.7 Å². The highest BCUT2D eigenvalue weighted by Crippen LogP contribution is 2.49. The number of para-hydroxylation sites is 1. The average Bonchev–Trinajstić information content (AvgIpc) is 3.08.